The van der Waals surface area contributed by atoms with Gasteiger partial charge in [-0.2, -0.15) is 0 Å². The molecule has 0 saturated heterocycles. The van der Waals surface area contributed by atoms with Crippen molar-refractivity contribution >= 4 is 23.2 Å². The average molecular weight is 365 g/mol. The minimum Gasteiger partial charge on any atom is -0.481 e. The van der Waals surface area contributed by atoms with Crippen LogP contribution in [0.15, 0.2) is 55.0 Å². The highest BCUT2D eigenvalue weighted by molar-refractivity contribution is 5.94. The predicted octanol–water partition coefficient (Wildman–Crippen LogP) is 1.86. The van der Waals surface area contributed by atoms with Crippen LogP contribution >= 0.6 is 0 Å². The lowest BCUT2D eigenvalue weighted by molar-refractivity contribution is 0.0954. The van der Waals surface area contributed by atoms with Gasteiger partial charge in [-0.15, -0.1) is 10.2 Å². The fourth-order valence-electron chi connectivity index (χ4n) is 2.21. The van der Waals surface area contributed by atoms with E-state index in [0.29, 0.717) is 36.2 Å². The molecule has 9 heteroatoms. The van der Waals surface area contributed by atoms with E-state index < -0.39 is 0 Å². The second-order valence-electron chi connectivity index (χ2n) is 5.43. The minimum absolute atomic E-state index is 0.194. The Bertz CT molecular complexity index is 872. The van der Waals surface area contributed by atoms with E-state index in [1.807, 2.05) is 24.3 Å². The maximum absolute atomic E-state index is 12.1. The lowest BCUT2D eigenvalue weighted by Gasteiger charge is -2.08. The molecular weight excluding hydrogens is 346 g/mol. The summed E-state index contributed by atoms with van der Waals surface area (Å²) >= 11 is 0. The number of ether oxygens (including phenoxy) is 1. The van der Waals surface area contributed by atoms with Gasteiger partial charge in [0.15, 0.2) is 5.82 Å². The van der Waals surface area contributed by atoms with Crippen molar-refractivity contribution in [3.05, 3.63) is 60.6 Å². The second kappa shape index (κ2) is 9.09. The van der Waals surface area contributed by atoms with Crippen molar-refractivity contribution in [3.63, 3.8) is 0 Å². The number of carbonyl (C=O) groups is 1. The summed E-state index contributed by atoms with van der Waals surface area (Å²) in [6, 6.07) is 10.5. The van der Waals surface area contributed by atoms with E-state index in [1.165, 1.54) is 13.3 Å². The maximum Gasteiger partial charge on any atom is 0.251 e. The number of methoxy groups -OCH3 is 1. The zero-order chi connectivity index (χ0) is 18.9. The predicted molar refractivity (Wildman–Crippen MR) is 101 cm³/mol. The van der Waals surface area contributed by atoms with Crippen molar-refractivity contribution in [2.75, 3.05) is 30.8 Å². The molecule has 3 heterocycles. The van der Waals surface area contributed by atoms with E-state index >= 15 is 0 Å². The summed E-state index contributed by atoms with van der Waals surface area (Å²) in [5.74, 6) is 1.46. The highest BCUT2D eigenvalue weighted by Gasteiger charge is 2.06. The molecule has 0 saturated carbocycles. The Morgan fingerprint density at radius 2 is 1.78 bits per heavy atom. The molecule has 3 N–H and O–H groups in total. The number of anilines is 3. The van der Waals surface area contributed by atoms with Crippen LogP contribution in [0.3, 0.4) is 0 Å². The molecular formula is C18H19N7O2. The fraction of sp³-hybridized carbons (Fsp3) is 0.167. The summed E-state index contributed by atoms with van der Waals surface area (Å²) in [4.78, 5) is 20.0. The minimum atomic E-state index is -0.194. The van der Waals surface area contributed by atoms with E-state index in [1.54, 1.807) is 24.5 Å². The van der Waals surface area contributed by atoms with Crippen LogP contribution in [0.25, 0.3) is 0 Å². The van der Waals surface area contributed by atoms with Gasteiger partial charge in [-0.25, -0.2) is 4.98 Å². The van der Waals surface area contributed by atoms with Crippen LogP contribution in [0, 0.1) is 0 Å². The molecule has 0 aromatic carbocycles. The van der Waals surface area contributed by atoms with Crippen LogP contribution < -0.4 is 20.7 Å². The third-order valence-electron chi connectivity index (χ3n) is 3.54. The average Bonchev–Trinajstić information content (AvgIpc) is 2.73. The smallest absolute Gasteiger partial charge is 0.251 e. The maximum atomic E-state index is 12.1. The summed E-state index contributed by atoms with van der Waals surface area (Å²) in [6.07, 6.45) is 4.92. The van der Waals surface area contributed by atoms with E-state index in [2.05, 4.69) is 36.1 Å². The highest BCUT2D eigenvalue weighted by Crippen LogP contribution is 2.13. The number of hydrogen-bond donors (Lipinski definition) is 3. The first kappa shape index (κ1) is 18.1. The van der Waals surface area contributed by atoms with Gasteiger partial charge in [-0.05, 0) is 30.3 Å². The SMILES string of the molecule is COc1cc(C(=O)NCCNc2ccc(Nc3ccncc3)nn2)ccn1. The van der Waals surface area contributed by atoms with Gasteiger partial charge < -0.3 is 20.7 Å². The van der Waals surface area contributed by atoms with Gasteiger partial charge >= 0.3 is 0 Å². The topological polar surface area (TPSA) is 114 Å². The molecule has 0 unspecified atom stereocenters. The number of hydrogen-bond acceptors (Lipinski definition) is 8. The molecule has 0 radical (unpaired) electrons. The van der Waals surface area contributed by atoms with Crippen molar-refractivity contribution in [1.82, 2.24) is 25.5 Å². The third kappa shape index (κ3) is 5.36. The quantitative estimate of drug-likeness (QED) is 0.518. The van der Waals surface area contributed by atoms with Gasteiger partial charge in [0.05, 0.1) is 7.11 Å². The summed E-state index contributed by atoms with van der Waals surface area (Å²) in [5.41, 5.74) is 1.38. The van der Waals surface area contributed by atoms with Crippen LogP contribution in [0.5, 0.6) is 5.88 Å². The molecule has 27 heavy (non-hydrogen) atoms. The number of amides is 1. The monoisotopic (exact) mass is 365 g/mol. The fourth-order valence-corrected chi connectivity index (χ4v) is 2.21. The molecule has 0 fully saturated rings. The molecule has 0 atom stereocenters. The number of rotatable bonds is 8. The zero-order valence-electron chi connectivity index (χ0n) is 14.7. The van der Waals surface area contributed by atoms with Crippen LogP contribution in [0.1, 0.15) is 10.4 Å². The lowest BCUT2D eigenvalue weighted by atomic mass is 10.2. The highest BCUT2D eigenvalue weighted by atomic mass is 16.5. The Balaban J connectivity index is 1.43. The number of pyridine rings is 2. The largest absolute Gasteiger partial charge is 0.481 e. The van der Waals surface area contributed by atoms with E-state index in [4.69, 9.17) is 4.74 Å². The number of carbonyl (C=O) groups excluding carboxylic acids is 1. The van der Waals surface area contributed by atoms with E-state index in [-0.39, 0.29) is 5.91 Å². The Hall–Kier alpha value is -3.75. The molecule has 3 rings (SSSR count). The number of aromatic nitrogens is 4. The van der Waals surface area contributed by atoms with Gasteiger partial charge in [-0.3, -0.25) is 9.78 Å². The first-order valence-electron chi connectivity index (χ1n) is 8.27. The number of nitrogens with one attached hydrogen (secondary N) is 3. The van der Waals surface area contributed by atoms with Gasteiger partial charge in [0, 0.05) is 49.0 Å². The second-order valence-corrected chi connectivity index (χ2v) is 5.43. The molecule has 0 aliphatic rings. The van der Waals surface area contributed by atoms with Gasteiger partial charge in [0.2, 0.25) is 5.88 Å². The Labute approximate surface area is 156 Å². The molecule has 9 nitrogen and oxygen atoms in total. The third-order valence-corrected chi connectivity index (χ3v) is 3.54. The first-order valence-corrected chi connectivity index (χ1v) is 8.27. The Kier molecular flexibility index (Phi) is 6.08. The van der Waals surface area contributed by atoms with Gasteiger partial charge in [0.1, 0.15) is 5.82 Å². The van der Waals surface area contributed by atoms with E-state index in [0.717, 1.165) is 5.69 Å². The normalized spacial score (nSPS) is 10.1. The molecule has 0 aliphatic carbocycles. The van der Waals surface area contributed by atoms with Crippen molar-refractivity contribution in [2.45, 2.75) is 0 Å². The molecule has 0 spiro atoms. The van der Waals surface area contributed by atoms with Crippen molar-refractivity contribution in [2.24, 2.45) is 0 Å². The zero-order valence-corrected chi connectivity index (χ0v) is 14.7. The summed E-state index contributed by atoms with van der Waals surface area (Å²) < 4.78 is 5.01. The van der Waals surface area contributed by atoms with E-state index in [9.17, 15) is 4.79 Å². The van der Waals surface area contributed by atoms with Crippen LogP contribution in [0.2, 0.25) is 0 Å². The summed E-state index contributed by atoms with van der Waals surface area (Å²) in [5, 5.41) is 17.2. The lowest BCUT2D eigenvalue weighted by Crippen LogP contribution is -2.29. The van der Waals surface area contributed by atoms with Crippen molar-refractivity contribution in [1.29, 1.82) is 0 Å². The summed E-state index contributed by atoms with van der Waals surface area (Å²) in [6.45, 7) is 0.946. The van der Waals surface area contributed by atoms with Crippen LogP contribution in [-0.2, 0) is 0 Å². The Morgan fingerprint density at radius 1 is 1.00 bits per heavy atom. The van der Waals surface area contributed by atoms with Gasteiger partial charge in [0.25, 0.3) is 5.91 Å². The summed E-state index contributed by atoms with van der Waals surface area (Å²) in [7, 11) is 1.51. The molecule has 138 valence electrons. The molecule has 0 bridgehead atoms. The molecule has 3 aromatic rings. The molecule has 0 aliphatic heterocycles. The van der Waals surface area contributed by atoms with Crippen LogP contribution in [-0.4, -0.2) is 46.3 Å². The van der Waals surface area contributed by atoms with Crippen molar-refractivity contribution in [3.8, 4) is 5.88 Å². The van der Waals surface area contributed by atoms with Crippen LogP contribution in [0.4, 0.5) is 17.3 Å². The Morgan fingerprint density at radius 3 is 2.52 bits per heavy atom. The number of nitrogens with zero attached hydrogens (tertiary/aromatic N) is 4. The van der Waals surface area contributed by atoms with Gasteiger partial charge in [-0.1, -0.05) is 0 Å². The molecule has 3 aromatic heterocycles. The molecule has 1 amide bonds. The first-order chi connectivity index (χ1) is 13.2. The standard InChI is InChI=1S/C18H19N7O2/c1-27-17-12-13(4-9-21-17)18(26)22-11-10-20-15-2-3-16(25-24-15)23-14-5-7-19-8-6-14/h2-9,12H,10-11H2,1H3,(H,20,24)(H,22,26)(H,19,23,25). The van der Waals surface area contributed by atoms with Crippen molar-refractivity contribution < 1.29 is 9.53 Å².